The van der Waals surface area contributed by atoms with Gasteiger partial charge < -0.3 is 10.0 Å². The smallest absolute Gasteiger partial charge is 0.323 e. The van der Waals surface area contributed by atoms with Crippen molar-refractivity contribution in [3.8, 4) is 0 Å². The van der Waals surface area contributed by atoms with E-state index in [9.17, 15) is 4.79 Å². The van der Waals surface area contributed by atoms with Crippen molar-refractivity contribution in [2.24, 2.45) is 0 Å². The Labute approximate surface area is 96.7 Å². The first-order valence-electron chi connectivity index (χ1n) is 5.47. The van der Waals surface area contributed by atoms with E-state index in [-0.39, 0.29) is 12.6 Å². The molecule has 0 aliphatic rings. The minimum absolute atomic E-state index is 0.0436. The van der Waals surface area contributed by atoms with Crippen LogP contribution in [0, 0.1) is 13.8 Å². The van der Waals surface area contributed by atoms with Crippen molar-refractivity contribution in [3.05, 3.63) is 29.3 Å². The number of hydrogen-bond acceptors (Lipinski definition) is 2. The van der Waals surface area contributed by atoms with Crippen LogP contribution in [0.25, 0.3) is 0 Å². The Morgan fingerprint density at radius 3 is 2.50 bits per heavy atom. The van der Waals surface area contributed by atoms with Gasteiger partial charge in [-0.1, -0.05) is 12.1 Å². The Balaban J connectivity index is 3.09. The highest BCUT2D eigenvalue weighted by Gasteiger charge is 2.15. The Morgan fingerprint density at radius 2 is 2.00 bits per heavy atom. The van der Waals surface area contributed by atoms with Crippen molar-refractivity contribution in [2.45, 2.75) is 33.7 Å². The molecular formula is C13H19NO2. The normalized spacial score (nSPS) is 10.6. The number of aryl methyl sites for hydroxylation is 2. The van der Waals surface area contributed by atoms with Gasteiger partial charge in [-0.25, -0.2) is 0 Å². The molecule has 0 unspecified atom stereocenters. The first-order valence-corrected chi connectivity index (χ1v) is 5.47. The van der Waals surface area contributed by atoms with Crippen molar-refractivity contribution >= 4 is 11.7 Å². The number of benzene rings is 1. The Morgan fingerprint density at radius 1 is 1.38 bits per heavy atom. The summed E-state index contributed by atoms with van der Waals surface area (Å²) in [6.45, 7) is 8.08. The number of carboxylic acids is 1. The summed E-state index contributed by atoms with van der Waals surface area (Å²) < 4.78 is 0. The van der Waals surface area contributed by atoms with Crippen molar-refractivity contribution in [3.63, 3.8) is 0 Å². The van der Waals surface area contributed by atoms with Crippen LogP contribution in [0.4, 0.5) is 5.69 Å². The number of rotatable bonds is 4. The van der Waals surface area contributed by atoms with Gasteiger partial charge in [-0.05, 0) is 44.9 Å². The fourth-order valence-electron chi connectivity index (χ4n) is 1.72. The molecule has 0 radical (unpaired) electrons. The van der Waals surface area contributed by atoms with Crippen molar-refractivity contribution in [1.29, 1.82) is 0 Å². The van der Waals surface area contributed by atoms with Crippen LogP contribution in [-0.2, 0) is 4.79 Å². The van der Waals surface area contributed by atoms with Crippen LogP contribution in [0.3, 0.4) is 0 Å². The van der Waals surface area contributed by atoms with Crippen LogP contribution < -0.4 is 4.90 Å². The average molecular weight is 221 g/mol. The number of anilines is 1. The molecule has 0 aliphatic heterocycles. The number of carboxylic acid groups (broad SMARTS) is 1. The van der Waals surface area contributed by atoms with Crippen LogP contribution in [0.1, 0.15) is 25.0 Å². The van der Waals surface area contributed by atoms with Crippen LogP contribution in [0.15, 0.2) is 18.2 Å². The fraction of sp³-hybridized carbons (Fsp3) is 0.462. The average Bonchev–Trinajstić information content (AvgIpc) is 2.18. The summed E-state index contributed by atoms with van der Waals surface area (Å²) in [4.78, 5) is 12.7. The molecule has 88 valence electrons. The fourth-order valence-corrected chi connectivity index (χ4v) is 1.72. The zero-order valence-electron chi connectivity index (χ0n) is 10.3. The molecule has 1 aromatic carbocycles. The zero-order chi connectivity index (χ0) is 12.3. The summed E-state index contributed by atoms with van der Waals surface area (Å²) in [7, 11) is 0. The molecule has 3 nitrogen and oxygen atoms in total. The minimum atomic E-state index is -0.797. The third-order valence-electron chi connectivity index (χ3n) is 2.60. The van der Waals surface area contributed by atoms with Gasteiger partial charge in [0.1, 0.15) is 6.54 Å². The molecule has 0 atom stereocenters. The summed E-state index contributed by atoms with van der Waals surface area (Å²) in [5.41, 5.74) is 3.27. The molecule has 1 rings (SSSR count). The van der Waals surface area contributed by atoms with Gasteiger partial charge in [-0.15, -0.1) is 0 Å². The second kappa shape index (κ2) is 5.01. The minimum Gasteiger partial charge on any atom is -0.480 e. The standard InChI is InChI=1S/C13H19NO2/c1-9(2)14(8-13(15)16)12-7-10(3)5-6-11(12)4/h5-7,9H,8H2,1-4H3,(H,15,16). The summed E-state index contributed by atoms with van der Waals surface area (Å²) in [5, 5.41) is 8.91. The van der Waals surface area contributed by atoms with E-state index in [2.05, 4.69) is 0 Å². The van der Waals surface area contributed by atoms with Gasteiger partial charge in [0.2, 0.25) is 0 Å². The maximum Gasteiger partial charge on any atom is 0.323 e. The predicted octanol–water partition coefficient (Wildman–Crippen LogP) is 2.60. The molecule has 1 aromatic rings. The molecule has 0 aromatic heterocycles. The lowest BCUT2D eigenvalue weighted by molar-refractivity contribution is -0.135. The first-order chi connectivity index (χ1) is 7.41. The van der Waals surface area contributed by atoms with Gasteiger partial charge in [0, 0.05) is 11.7 Å². The number of carbonyl (C=O) groups is 1. The second-order valence-corrected chi connectivity index (χ2v) is 4.41. The van der Waals surface area contributed by atoms with E-state index in [0.29, 0.717) is 0 Å². The molecule has 3 heteroatoms. The molecule has 0 aliphatic carbocycles. The van der Waals surface area contributed by atoms with Gasteiger partial charge in [0.25, 0.3) is 0 Å². The molecule has 0 amide bonds. The van der Waals surface area contributed by atoms with Crippen LogP contribution in [0.5, 0.6) is 0 Å². The highest BCUT2D eigenvalue weighted by atomic mass is 16.4. The molecule has 0 spiro atoms. The molecule has 1 N–H and O–H groups in total. The lowest BCUT2D eigenvalue weighted by Crippen LogP contribution is -2.36. The van der Waals surface area contributed by atoms with Gasteiger partial charge in [0.15, 0.2) is 0 Å². The van der Waals surface area contributed by atoms with Gasteiger partial charge >= 0.3 is 5.97 Å². The number of nitrogens with zero attached hydrogens (tertiary/aromatic N) is 1. The van der Waals surface area contributed by atoms with Gasteiger partial charge in [-0.2, -0.15) is 0 Å². The number of hydrogen-bond donors (Lipinski definition) is 1. The Bertz CT molecular complexity index is 386. The largest absolute Gasteiger partial charge is 0.480 e. The maximum atomic E-state index is 10.8. The highest BCUT2D eigenvalue weighted by Crippen LogP contribution is 2.23. The molecule has 0 bridgehead atoms. The lowest BCUT2D eigenvalue weighted by Gasteiger charge is -2.29. The zero-order valence-corrected chi connectivity index (χ0v) is 10.3. The Hall–Kier alpha value is -1.51. The van der Waals surface area contributed by atoms with Crippen LogP contribution >= 0.6 is 0 Å². The lowest BCUT2D eigenvalue weighted by atomic mass is 10.1. The quantitative estimate of drug-likeness (QED) is 0.849. The molecule has 16 heavy (non-hydrogen) atoms. The summed E-state index contributed by atoms with van der Waals surface area (Å²) in [5.74, 6) is -0.797. The highest BCUT2D eigenvalue weighted by molar-refractivity contribution is 5.74. The number of aliphatic carboxylic acids is 1. The SMILES string of the molecule is Cc1ccc(C)c(N(CC(=O)O)C(C)C)c1. The summed E-state index contributed by atoms with van der Waals surface area (Å²) >= 11 is 0. The molecular weight excluding hydrogens is 202 g/mol. The van der Waals surface area contributed by atoms with E-state index in [0.717, 1.165) is 16.8 Å². The molecule has 0 heterocycles. The monoisotopic (exact) mass is 221 g/mol. The molecule has 0 saturated carbocycles. The van der Waals surface area contributed by atoms with E-state index in [1.165, 1.54) is 0 Å². The van der Waals surface area contributed by atoms with E-state index < -0.39 is 5.97 Å². The maximum absolute atomic E-state index is 10.8. The molecule has 0 fully saturated rings. The van der Waals surface area contributed by atoms with Crippen molar-refractivity contribution in [2.75, 3.05) is 11.4 Å². The van der Waals surface area contributed by atoms with E-state index in [4.69, 9.17) is 5.11 Å². The van der Waals surface area contributed by atoms with Crippen molar-refractivity contribution in [1.82, 2.24) is 0 Å². The van der Waals surface area contributed by atoms with Gasteiger partial charge in [0.05, 0.1) is 0 Å². The molecule has 0 saturated heterocycles. The van der Waals surface area contributed by atoms with Crippen LogP contribution in [-0.4, -0.2) is 23.7 Å². The Kier molecular flexibility index (Phi) is 3.93. The third-order valence-corrected chi connectivity index (χ3v) is 2.60. The third kappa shape index (κ3) is 2.99. The van der Waals surface area contributed by atoms with E-state index in [1.807, 2.05) is 50.8 Å². The van der Waals surface area contributed by atoms with Crippen LogP contribution in [0.2, 0.25) is 0 Å². The topological polar surface area (TPSA) is 40.5 Å². The second-order valence-electron chi connectivity index (χ2n) is 4.41. The van der Waals surface area contributed by atoms with Gasteiger partial charge in [-0.3, -0.25) is 4.79 Å². The first kappa shape index (κ1) is 12.6. The van der Waals surface area contributed by atoms with E-state index >= 15 is 0 Å². The summed E-state index contributed by atoms with van der Waals surface area (Å²) in [6.07, 6.45) is 0. The van der Waals surface area contributed by atoms with Crippen molar-refractivity contribution < 1.29 is 9.90 Å². The summed E-state index contributed by atoms with van der Waals surface area (Å²) in [6, 6.07) is 6.29. The van der Waals surface area contributed by atoms with E-state index in [1.54, 1.807) is 0 Å². The predicted molar refractivity (Wildman–Crippen MR) is 66.0 cm³/mol.